The summed E-state index contributed by atoms with van der Waals surface area (Å²) in [6.07, 6.45) is 1.78. The van der Waals surface area contributed by atoms with E-state index in [9.17, 15) is 4.79 Å². The third-order valence-electron chi connectivity index (χ3n) is 2.49. The van der Waals surface area contributed by atoms with E-state index in [1.165, 1.54) is 5.56 Å². The van der Waals surface area contributed by atoms with Crippen molar-refractivity contribution >= 4 is 17.6 Å². The van der Waals surface area contributed by atoms with Crippen molar-refractivity contribution < 1.29 is 9.90 Å². The molecule has 17 heavy (non-hydrogen) atoms. The van der Waals surface area contributed by atoms with E-state index in [0.717, 1.165) is 18.0 Å². The van der Waals surface area contributed by atoms with Crippen LogP contribution in [0.15, 0.2) is 24.3 Å². The molecule has 3 nitrogen and oxygen atoms in total. The van der Waals surface area contributed by atoms with Crippen molar-refractivity contribution in [2.45, 2.75) is 32.2 Å². The molecule has 0 bridgehead atoms. The number of hydrogen-bond donors (Lipinski definition) is 2. The minimum atomic E-state index is -0.741. The van der Waals surface area contributed by atoms with E-state index in [1.807, 2.05) is 24.3 Å². The molecule has 0 amide bonds. The highest BCUT2D eigenvalue weighted by Gasteiger charge is 2.04. The monoisotopic (exact) mass is 255 g/mol. The summed E-state index contributed by atoms with van der Waals surface area (Å²) in [5.41, 5.74) is 1.19. The zero-order valence-corrected chi connectivity index (χ0v) is 10.7. The van der Waals surface area contributed by atoms with Crippen LogP contribution in [0.3, 0.4) is 0 Å². The number of carbonyl (C=O) groups is 1. The van der Waals surface area contributed by atoms with Crippen molar-refractivity contribution in [2.75, 3.05) is 6.54 Å². The molecule has 1 unspecified atom stereocenters. The molecule has 0 heterocycles. The molecule has 0 aliphatic rings. The van der Waals surface area contributed by atoms with Gasteiger partial charge in [-0.05, 0) is 44.0 Å². The summed E-state index contributed by atoms with van der Waals surface area (Å²) in [5, 5.41) is 12.6. The zero-order chi connectivity index (χ0) is 12.7. The molecule has 0 spiro atoms. The third kappa shape index (κ3) is 6.29. The lowest BCUT2D eigenvalue weighted by molar-refractivity contribution is -0.137. The Kier molecular flexibility index (Phi) is 6.01. The fourth-order valence-electron chi connectivity index (χ4n) is 1.68. The summed E-state index contributed by atoms with van der Waals surface area (Å²) in [4.78, 5) is 10.3. The zero-order valence-electron chi connectivity index (χ0n) is 9.95. The first-order chi connectivity index (χ1) is 8.08. The van der Waals surface area contributed by atoms with Gasteiger partial charge in [-0.2, -0.15) is 0 Å². The highest BCUT2D eigenvalue weighted by atomic mass is 35.5. The molecule has 0 aliphatic carbocycles. The molecule has 0 saturated carbocycles. The molecule has 2 N–H and O–H groups in total. The van der Waals surface area contributed by atoms with Gasteiger partial charge in [0.2, 0.25) is 0 Å². The SMILES string of the molecule is CC(Cc1cccc(Cl)c1)NCCCC(=O)O. The van der Waals surface area contributed by atoms with Crippen LogP contribution in [0.4, 0.5) is 0 Å². The Morgan fingerprint density at radius 2 is 2.29 bits per heavy atom. The van der Waals surface area contributed by atoms with Crippen molar-refractivity contribution in [1.29, 1.82) is 0 Å². The van der Waals surface area contributed by atoms with Gasteiger partial charge >= 0.3 is 5.97 Å². The lowest BCUT2D eigenvalue weighted by atomic mass is 10.1. The van der Waals surface area contributed by atoms with Gasteiger partial charge in [-0.1, -0.05) is 23.7 Å². The molecule has 0 radical (unpaired) electrons. The molecule has 4 heteroatoms. The number of carboxylic acid groups (broad SMARTS) is 1. The fourth-order valence-corrected chi connectivity index (χ4v) is 1.89. The van der Waals surface area contributed by atoms with Gasteiger partial charge in [-0.15, -0.1) is 0 Å². The van der Waals surface area contributed by atoms with Crippen molar-refractivity contribution in [3.05, 3.63) is 34.9 Å². The number of aliphatic carboxylic acids is 1. The Morgan fingerprint density at radius 3 is 2.94 bits per heavy atom. The minimum absolute atomic E-state index is 0.219. The van der Waals surface area contributed by atoms with Crippen molar-refractivity contribution in [2.24, 2.45) is 0 Å². The molecule has 1 aromatic carbocycles. The molecule has 1 atom stereocenters. The van der Waals surface area contributed by atoms with Gasteiger partial charge < -0.3 is 10.4 Å². The molecule has 0 fully saturated rings. The van der Waals surface area contributed by atoms with Gasteiger partial charge in [0, 0.05) is 17.5 Å². The van der Waals surface area contributed by atoms with Gasteiger partial charge in [-0.25, -0.2) is 0 Å². The van der Waals surface area contributed by atoms with E-state index in [1.54, 1.807) is 0 Å². The highest BCUT2D eigenvalue weighted by Crippen LogP contribution is 2.12. The van der Waals surface area contributed by atoms with Crippen LogP contribution in [-0.4, -0.2) is 23.7 Å². The lowest BCUT2D eigenvalue weighted by Gasteiger charge is -2.13. The molecule has 0 aliphatic heterocycles. The number of hydrogen-bond acceptors (Lipinski definition) is 2. The van der Waals surface area contributed by atoms with Gasteiger partial charge in [0.05, 0.1) is 0 Å². The third-order valence-corrected chi connectivity index (χ3v) is 2.73. The standard InChI is InChI=1S/C13H18ClNO2/c1-10(15-7-3-6-13(16)17)8-11-4-2-5-12(14)9-11/h2,4-5,9-10,15H,3,6-8H2,1H3,(H,16,17). The fraction of sp³-hybridized carbons (Fsp3) is 0.462. The number of benzene rings is 1. The molecular formula is C13H18ClNO2. The summed E-state index contributed by atoms with van der Waals surface area (Å²) in [5.74, 6) is -0.741. The largest absolute Gasteiger partial charge is 0.481 e. The number of rotatable bonds is 7. The van der Waals surface area contributed by atoms with Gasteiger partial charge in [0.25, 0.3) is 0 Å². The number of carboxylic acids is 1. The highest BCUT2D eigenvalue weighted by molar-refractivity contribution is 6.30. The Morgan fingerprint density at radius 1 is 1.53 bits per heavy atom. The van der Waals surface area contributed by atoms with Crippen molar-refractivity contribution in [1.82, 2.24) is 5.32 Å². The predicted molar refractivity (Wildman–Crippen MR) is 69.5 cm³/mol. The molecular weight excluding hydrogens is 238 g/mol. The van der Waals surface area contributed by atoms with E-state index < -0.39 is 5.97 Å². The number of halogens is 1. The van der Waals surface area contributed by atoms with E-state index in [0.29, 0.717) is 12.5 Å². The number of nitrogens with one attached hydrogen (secondary N) is 1. The predicted octanol–water partition coefficient (Wildman–Crippen LogP) is 2.73. The van der Waals surface area contributed by atoms with Crippen LogP contribution in [0, 0.1) is 0 Å². The Labute approximate surface area is 107 Å². The second-order valence-corrected chi connectivity index (χ2v) is 4.62. The average molecular weight is 256 g/mol. The van der Waals surface area contributed by atoms with Gasteiger partial charge in [0.1, 0.15) is 0 Å². The topological polar surface area (TPSA) is 49.3 Å². The Bertz CT molecular complexity index is 368. The van der Waals surface area contributed by atoms with Crippen molar-refractivity contribution in [3.8, 4) is 0 Å². The Hall–Kier alpha value is -1.06. The molecule has 0 saturated heterocycles. The molecule has 1 aromatic rings. The van der Waals surface area contributed by atoms with E-state index in [2.05, 4.69) is 12.2 Å². The van der Waals surface area contributed by atoms with Crippen molar-refractivity contribution in [3.63, 3.8) is 0 Å². The summed E-state index contributed by atoms with van der Waals surface area (Å²) < 4.78 is 0. The van der Waals surface area contributed by atoms with Crippen LogP contribution < -0.4 is 5.32 Å². The summed E-state index contributed by atoms with van der Waals surface area (Å²) in [6, 6.07) is 8.12. The van der Waals surface area contributed by atoms with Crippen LogP contribution in [0.1, 0.15) is 25.3 Å². The maximum atomic E-state index is 10.3. The second-order valence-electron chi connectivity index (χ2n) is 4.19. The second kappa shape index (κ2) is 7.30. The van der Waals surface area contributed by atoms with E-state index >= 15 is 0 Å². The minimum Gasteiger partial charge on any atom is -0.481 e. The Balaban J connectivity index is 2.25. The molecule has 94 valence electrons. The smallest absolute Gasteiger partial charge is 0.303 e. The first-order valence-corrected chi connectivity index (χ1v) is 6.15. The maximum absolute atomic E-state index is 10.3. The lowest BCUT2D eigenvalue weighted by Crippen LogP contribution is -2.29. The quantitative estimate of drug-likeness (QED) is 0.737. The normalized spacial score (nSPS) is 12.4. The van der Waals surface area contributed by atoms with E-state index in [-0.39, 0.29) is 6.42 Å². The maximum Gasteiger partial charge on any atom is 0.303 e. The molecule has 0 aromatic heterocycles. The molecule has 1 rings (SSSR count). The summed E-state index contributed by atoms with van der Waals surface area (Å²) in [7, 11) is 0. The summed E-state index contributed by atoms with van der Waals surface area (Å²) >= 11 is 5.90. The average Bonchev–Trinajstić information content (AvgIpc) is 2.24. The van der Waals surface area contributed by atoms with Gasteiger partial charge in [0.15, 0.2) is 0 Å². The first kappa shape index (κ1) is 14.0. The van der Waals surface area contributed by atoms with Crippen LogP contribution in [-0.2, 0) is 11.2 Å². The summed E-state index contributed by atoms with van der Waals surface area (Å²) in [6.45, 7) is 2.82. The van der Waals surface area contributed by atoms with Crippen LogP contribution in [0.2, 0.25) is 5.02 Å². The van der Waals surface area contributed by atoms with Crippen LogP contribution in [0.25, 0.3) is 0 Å². The van der Waals surface area contributed by atoms with Gasteiger partial charge in [-0.3, -0.25) is 4.79 Å². The first-order valence-electron chi connectivity index (χ1n) is 5.77. The van der Waals surface area contributed by atoms with Crippen LogP contribution in [0.5, 0.6) is 0 Å². The van der Waals surface area contributed by atoms with Crippen LogP contribution >= 0.6 is 11.6 Å². The van der Waals surface area contributed by atoms with E-state index in [4.69, 9.17) is 16.7 Å².